The number of phenolic OH excluding ortho intramolecular Hbond substituents is 1. The van der Waals surface area contributed by atoms with Crippen LogP contribution in [0.25, 0.3) is 0 Å². The van der Waals surface area contributed by atoms with Crippen LogP contribution < -0.4 is 15.8 Å². The zero-order valence-corrected chi connectivity index (χ0v) is 24.5. The van der Waals surface area contributed by atoms with Crippen molar-refractivity contribution in [3.8, 4) is 11.5 Å². The fraction of sp³-hybridized carbons (Fsp3) is 0.500. The number of benzene rings is 2. The molecule has 2 aromatic rings. The Kier molecular flexibility index (Phi) is 12.6. The van der Waals surface area contributed by atoms with Gasteiger partial charge in [-0.2, -0.15) is 0 Å². The number of amides is 2. The summed E-state index contributed by atoms with van der Waals surface area (Å²) in [5, 5.41) is 13.7. The van der Waals surface area contributed by atoms with Crippen LogP contribution in [0.2, 0.25) is 0 Å². The molecule has 0 fully saturated rings. The smallest absolute Gasteiger partial charge is 0.352 e. The third-order valence-corrected chi connectivity index (χ3v) is 8.42. The zero-order chi connectivity index (χ0) is 29.2. The van der Waals surface area contributed by atoms with Gasteiger partial charge in [0.2, 0.25) is 11.8 Å². The number of aromatic hydroxyl groups is 1. The molecule has 0 saturated carbocycles. The summed E-state index contributed by atoms with van der Waals surface area (Å²) in [4.78, 5) is 27.9. The van der Waals surface area contributed by atoms with Crippen LogP contribution in [0.1, 0.15) is 51.0 Å². The standard InChI is InChI=1S/C28H42N3O7P/c1-7-37-39(35,38-8-2)26(22-11-9-10-12-25(22)32)30-24(17-19(3)4)28(34)31(5)27(33)23(29)18-20-13-15-21(36-6)16-14-20/h9-16,19,23-24,26,30,32H,7-8,17-18,29H2,1-6H3/t23-,24?,26?/m0/s1. The summed E-state index contributed by atoms with van der Waals surface area (Å²) in [5.74, 6) is -1.67. The normalized spacial score (nSPS) is 14.1. The highest BCUT2D eigenvalue weighted by Gasteiger charge is 2.42. The maximum absolute atomic E-state index is 13.9. The van der Waals surface area contributed by atoms with E-state index in [4.69, 9.17) is 19.5 Å². The van der Waals surface area contributed by atoms with Crippen molar-refractivity contribution in [3.05, 3.63) is 59.7 Å². The number of nitrogens with two attached hydrogens (primary N) is 1. The second-order valence-corrected chi connectivity index (χ2v) is 11.7. The Morgan fingerprint density at radius 2 is 1.62 bits per heavy atom. The molecule has 216 valence electrons. The summed E-state index contributed by atoms with van der Waals surface area (Å²) in [5.41, 5.74) is 7.29. The van der Waals surface area contributed by atoms with Gasteiger partial charge in [-0.05, 0) is 56.4 Å². The first-order valence-corrected chi connectivity index (χ1v) is 14.7. The van der Waals surface area contributed by atoms with Crippen molar-refractivity contribution in [3.63, 3.8) is 0 Å². The minimum absolute atomic E-state index is 0.0338. The fourth-order valence-electron chi connectivity index (χ4n) is 4.21. The lowest BCUT2D eigenvalue weighted by Crippen LogP contribution is -2.53. The number of ether oxygens (including phenoxy) is 1. The Morgan fingerprint density at radius 1 is 1.03 bits per heavy atom. The summed E-state index contributed by atoms with van der Waals surface area (Å²) >= 11 is 0. The summed E-state index contributed by atoms with van der Waals surface area (Å²) < 4.78 is 30.3. The molecule has 0 radical (unpaired) electrons. The maximum Gasteiger partial charge on any atom is 0.352 e. The quantitative estimate of drug-likeness (QED) is 0.272. The van der Waals surface area contributed by atoms with Crippen molar-refractivity contribution < 1.29 is 33.0 Å². The summed E-state index contributed by atoms with van der Waals surface area (Å²) in [6.45, 7) is 7.40. The molecule has 0 aliphatic carbocycles. The molecule has 0 aromatic heterocycles. The first kappa shape index (κ1) is 32.5. The highest BCUT2D eigenvalue weighted by Crippen LogP contribution is 2.61. The maximum atomic E-state index is 13.9. The van der Waals surface area contributed by atoms with Crippen molar-refractivity contribution in [1.82, 2.24) is 10.2 Å². The van der Waals surface area contributed by atoms with E-state index >= 15 is 0 Å². The van der Waals surface area contributed by atoms with Crippen molar-refractivity contribution in [2.75, 3.05) is 27.4 Å². The molecule has 2 amide bonds. The molecule has 2 rings (SSSR count). The Balaban J connectivity index is 2.36. The molecular weight excluding hydrogens is 521 g/mol. The molecule has 0 aliphatic rings. The van der Waals surface area contributed by atoms with Gasteiger partial charge in [0.1, 0.15) is 17.3 Å². The van der Waals surface area contributed by atoms with E-state index in [-0.39, 0.29) is 36.9 Å². The summed E-state index contributed by atoms with van der Waals surface area (Å²) in [6.07, 6.45) is 0.541. The van der Waals surface area contributed by atoms with E-state index < -0.39 is 37.3 Å². The van der Waals surface area contributed by atoms with Crippen LogP contribution in [-0.2, 0) is 29.6 Å². The second-order valence-electron chi connectivity index (χ2n) is 9.58. The number of nitrogens with zero attached hydrogens (tertiary/aromatic N) is 1. The van der Waals surface area contributed by atoms with Crippen molar-refractivity contribution >= 4 is 19.4 Å². The summed E-state index contributed by atoms with van der Waals surface area (Å²) in [7, 11) is -0.953. The van der Waals surface area contributed by atoms with Gasteiger partial charge in [-0.25, -0.2) is 0 Å². The average molecular weight is 564 g/mol. The molecule has 3 atom stereocenters. The molecule has 2 unspecified atom stereocenters. The van der Waals surface area contributed by atoms with Crippen molar-refractivity contribution in [2.45, 2.75) is 58.4 Å². The molecule has 10 nitrogen and oxygen atoms in total. The van der Waals surface area contributed by atoms with Crippen LogP contribution in [0.4, 0.5) is 0 Å². The Hall–Kier alpha value is -2.75. The first-order chi connectivity index (χ1) is 18.5. The first-order valence-electron chi connectivity index (χ1n) is 13.1. The minimum Gasteiger partial charge on any atom is -0.508 e. The molecule has 0 bridgehead atoms. The van der Waals surface area contributed by atoms with Gasteiger partial charge < -0.3 is 24.6 Å². The third kappa shape index (κ3) is 8.88. The zero-order valence-electron chi connectivity index (χ0n) is 23.6. The molecular formula is C28H42N3O7P. The number of phenols is 1. The number of hydrogen-bond acceptors (Lipinski definition) is 9. The number of carbonyl (C=O) groups is 2. The van der Waals surface area contributed by atoms with Gasteiger partial charge in [0.15, 0.2) is 0 Å². The molecule has 0 heterocycles. The number of imide groups is 1. The topological polar surface area (TPSA) is 140 Å². The van der Waals surface area contributed by atoms with Gasteiger partial charge in [-0.15, -0.1) is 0 Å². The monoisotopic (exact) mass is 563 g/mol. The Labute approximate surface area is 231 Å². The van der Waals surface area contributed by atoms with E-state index in [0.29, 0.717) is 12.2 Å². The van der Waals surface area contributed by atoms with Crippen LogP contribution in [0, 0.1) is 5.92 Å². The highest BCUT2D eigenvalue weighted by atomic mass is 31.2. The minimum atomic E-state index is -3.90. The molecule has 0 aliphatic heterocycles. The number of likely N-dealkylation sites (N-methyl/N-ethyl adjacent to an activating group) is 1. The Bertz CT molecular complexity index is 1120. The molecule has 4 N–H and O–H groups in total. The van der Waals surface area contributed by atoms with E-state index in [2.05, 4.69) is 5.32 Å². The van der Waals surface area contributed by atoms with Crippen molar-refractivity contribution in [1.29, 1.82) is 0 Å². The van der Waals surface area contributed by atoms with E-state index in [1.54, 1.807) is 51.3 Å². The molecule has 2 aromatic carbocycles. The number of para-hydroxylation sites is 1. The van der Waals surface area contributed by atoms with Crippen LogP contribution >= 0.6 is 7.60 Å². The van der Waals surface area contributed by atoms with Crippen LogP contribution in [-0.4, -0.2) is 61.3 Å². The SMILES string of the molecule is CCOP(=O)(OCC)C(NC(CC(C)C)C(=O)N(C)C(=O)[C@@H](N)Cc1ccc(OC)cc1)c1ccccc1O. The third-order valence-electron chi connectivity index (χ3n) is 6.12. The summed E-state index contributed by atoms with van der Waals surface area (Å²) in [6, 6.07) is 11.6. The van der Waals surface area contributed by atoms with Gasteiger partial charge in [0.05, 0.1) is 32.4 Å². The number of hydrogen-bond donors (Lipinski definition) is 3. The lowest BCUT2D eigenvalue weighted by Gasteiger charge is -2.33. The van der Waals surface area contributed by atoms with Gasteiger partial charge in [-0.1, -0.05) is 44.2 Å². The lowest BCUT2D eigenvalue weighted by atomic mass is 10.0. The number of nitrogens with one attached hydrogen (secondary N) is 1. The van der Waals surface area contributed by atoms with E-state index in [1.165, 1.54) is 13.1 Å². The predicted molar refractivity (Wildman–Crippen MR) is 151 cm³/mol. The van der Waals surface area contributed by atoms with Crippen LogP contribution in [0.15, 0.2) is 48.5 Å². The number of carbonyl (C=O) groups excluding carboxylic acids is 2. The number of rotatable bonds is 15. The van der Waals surface area contributed by atoms with E-state index in [1.807, 2.05) is 26.0 Å². The van der Waals surface area contributed by atoms with Gasteiger partial charge in [0, 0.05) is 12.6 Å². The molecule has 11 heteroatoms. The van der Waals surface area contributed by atoms with Crippen molar-refractivity contribution in [2.24, 2.45) is 11.7 Å². The van der Waals surface area contributed by atoms with Crippen LogP contribution in [0.3, 0.4) is 0 Å². The van der Waals surface area contributed by atoms with Gasteiger partial charge >= 0.3 is 7.60 Å². The molecule has 0 spiro atoms. The Morgan fingerprint density at radius 3 is 2.13 bits per heavy atom. The van der Waals surface area contributed by atoms with E-state index in [0.717, 1.165) is 10.5 Å². The largest absolute Gasteiger partial charge is 0.508 e. The highest BCUT2D eigenvalue weighted by molar-refractivity contribution is 7.54. The van der Waals surface area contributed by atoms with E-state index in [9.17, 15) is 19.3 Å². The fourth-order valence-corrected chi connectivity index (χ4v) is 6.23. The number of methoxy groups -OCH3 is 1. The van der Waals surface area contributed by atoms with Gasteiger partial charge in [0.25, 0.3) is 0 Å². The van der Waals surface area contributed by atoms with Crippen LogP contribution in [0.5, 0.6) is 11.5 Å². The predicted octanol–water partition coefficient (Wildman–Crippen LogP) is 4.22. The second kappa shape index (κ2) is 15.1. The average Bonchev–Trinajstić information content (AvgIpc) is 2.90. The van der Waals surface area contributed by atoms with Gasteiger partial charge in [-0.3, -0.25) is 24.4 Å². The lowest BCUT2D eigenvalue weighted by molar-refractivity contribution is -0.145. The molecule has 0 saturated heterocycles. The molecule has 39 heavy (non-hydrogen) atoms.